The van der Waals surface area contributed by atoms with Crippen LogP contribution in [-0.4, -0.2) is 6.08 Å². The molecule has 1 aromatic carbocycles. The molecule has 4 heteroatoms. The second kappa shape index (κ2) is 3.50. The Morgan fingerprint density at radius 1 is 1.50 bits per heavy atom. The molecule has 0 aliphatic heterocycles. The van der Waals surface area contributed by atoms with E-state index in [1.54, 1.807) is 12.1 Å². The topological polar surface area (TPSA) is 29.4 Å². The molecule has 72 valence electrons. The van der Waals surface area contributed by atoms with Gasteiger partial charge in [-0.3, -0.25) is 0 Å². The third-order valence-corrected chi connectivity index (χ3v) is 3.83. The van der Waals surface area contributed by atoms with Gasteiger partial charge in [-0.25, -0.2) is 4.79 Å². The summed E-state index contributed by atoms with van der Waals surface area (Å²) >= 11 is 9.36. The van der Waals surface area contributed by atoms with Crippen molar-refractivity contribution in [2.24, 2.45) is 4.99 Å². The van der Waals surface area contributed by atoms with Crippen LogP contribution in [0.3, 0.4) is 0 Å². The maximum absolute atomic E-state index is 10.3. The van der Waals surface area contributed by atoms with Gasteiger partial charge in [0.15, 0.2) is 0 Å². The average molecular weight is 273 g/mol. The van der Waals surface area contributed by atoms with Crippen LogP contribution in [0.25, 0.3) is 0 Å². The van der Waals surface area contributed by atoms with Gasteiger partial charge in [0.05, 0.1) is 10.6 Å². The van der Waals surface area contributed by atoms with E-state index in [9.17, 15) is 4.79 Å². The summed E-state index contributed by atoms with van der Waals surface area (Å²) in [6.45, 7) is 0. The van der Waals surface area contributed by atoms with Crippen LogP contribution in [-0.2, 0) is 10.3 Å². The number of rotatable bonds is 2. The Bertz CT molecular complexity index is 422. The number of aliphatic imine (C=N–C) groups is 1. The molecule has 14 heavy (non-hydrogen) atoms. The number of halogens is 2. The van der Waals surface area contributed by atoms with Gasteiger partial charge in [0.2, 0.25) is 6.08 Å². The lowest BCUT2D eigenvalue weighted by atomic mass is 10.1. The van der Waals surface area contributed by atoms with Gasteiger partial charge < -0.3 is 0 Å². The van der Waals surface area contributed by atoms with Crippen molar-refractivity contribution >= 4 is 33.6 Å². The molecule has 2 nitrogen and oxygen atoms in total. The van der Waals surface area contributed by atoms with E-state index in [4.69, 9.17) is 11.6 Å². The Morgan fingerprint density at radius 2 is 2.21 bits per heavy atom. The van der Waals surface area contributed by atoms with Gasteiger partial charge in [-0.2, -0.15) is 4.99 Å². The van der Waals surface area contributed by atoms with Gasteiger partial charge in [-0.1, -0.05) is 23.7 Å². The number of hydrogen-bond donors (Lipinski definition) is 0. The normalized spacial score (nSPS) is 17.3. The Labute approximate surface area is 95.1 Å². The van der Waals surface area contributed by atoms with Gasteiger partial charge in [-0.15, -0.1) is 0 Å². The van der Waals surface area contributed by atoms with Crippen LogP contribution in [0.5, 0.6) is 0 Å². The lowest BCUT2D eigenvalue weighted by molar-refractivity contribution is 0.556. The molecule has 0 bridgehead atoms. The summed E-state index contributed by atoms with van der Waals surface area (Å²) in [5.41, 5.74) is 0.624. The Balaban J connectivity index is 2.52. The SMILES string of the molecule is O=C=NC1(c2cccc(Cl)c2Br)CC1. The molecule has 0 radical (unpaired) electrons. The predicted molar refractivity (Wildman–Crippen MR) is 58.2 cm³/mol. The number of isocyanates is 1. The zero-order valence-electron chi connectivity index (χ0n) is 7.26. The van der Waals surface area contributed by atoms with E-state index in [0.29, 0.717) is 5.02 Å². The first-order valence-electron chi connectivity index (χ1n) is 4.23. The molecule has 1 fully saturated rings. The molecule has 0 aromatic heterocycles. The summed E-state index contributed by atoms with van der Waals surface area (Å²) in [6.07, 6.45) is 3.41. The highest BCUT2D eigenvalue weighted by Gasteiger charge is 2.46. The van der Waals surface area contributed by atoms with Gasteiger partial charge in [0.1, 0.15) is 0 Å². The van der Waals surface area contributed by atoms with Crippen LogP contribution in [0.2, 0.25) is 5.02 Å². The standard InChI is InChI=1S/C10H7BrClNO/c11-9-7(2-1-3-8(9)12)10(4-5-10)13-6-14/h1-3H,4-5H2. The van der Waals surface area contributed by atoms with Crippen molar-refractivity contribution in [2.75, 3.05) is 0 Å². The van der Waals surface area contributed by atoms with Gasteiger partial charge in [0.25, 0.3) is 0 Å². The minimum absolute atomic E-state index is 0.356. The Morgan fingerprint density at radius 3 is 2.79 bits per heavy atom. The van der Waals surface area contributed by atoms with Crippen molar-refractivity contribution in [3.63, 3.8) is 0 Å². The van der Waals surface area contributed by atoms with E-state index in [1.165, 1.54) is 0 Å². The minimum Gasteiger partial charge on any atom is -0.211 e. The minimum atomic E-state index is -0.356. The smallest absolute Gasteiger partial charge is 0.211 e. The monoisotopic (exact) mass is 271 g/mol. The van der Waals surface area contributed by atoms with E-state index < -0.39 is 0 Å². The van der Waals surface area contributed by atoms with Crippen molar-refractivity contribution < 1.29 is 4.79 Å². The Kier molecular flexibility index (Phi) is 2.48. The first-order valence-corrected chi connectivity index (χ1v) is 5.40. The molecule has 0 unspecified atom stereocenters. The van der Waals surface area contributed by atoms with Gasteiger partial charge >= 0.3 is 0 Å². The lowest BCUT2D eigenvalue weighted by Crippen LogP contribution is -2.03. The van der Waals surface area contributed by atoms with Crippen molar-refractivity contribution in [2.45, 2.75) is 18.4 Å². The molecule has 0 saturated heterocycles. The van der Waals surface area contributed by atoms with E-state index in [-0.39, 0.29) is 5.54 Å². The molecular weight excluding hydrogens is 265 g/mol. The predicted octanol–water partition coefficient (Wildman–Crippen LogP) is 3.43. The average Bonchev–Trinajstić information content (AvgIpc) is 2.91. The molecule has 0 amide bonds. The van der Waals surface area contributed by atoms with Crippen molar-refractivity contribution in [1.29, 1.82) is 0 Å². The summed E-state index contributed by atoms with van der Waals surface area (Å²) in [4.78, 5) is 14.1. The third-order valence-electron chi connectivity index (χ3n) is 2.44. The second-order valence-corrected chi connectivity index (χ2v) is 4.54. The van der Waals surface area contributed by atoms with E-state index in [0.717, 1.165) is 22.9 Å². The number of hydrogen-bond acceptors (Lipinski definition) is 2. The maximum atomic E-state index is 10.3. The van der Waals surface area contributed by atoms with Gasteiger partial charge in [-0.05, 0) is 40.4 Å². The molecule has 1 saturated carbocycles. The van der Waals surface area contributed by atoms with Crippen molar-refractivity contribution in [3.05, 3.63) is 33.3 Å². The van der Waals surface area contributed by atoms with Crippen molar-refractivity contribution in [1.82, 2.24) is 0 Å². The summed E-state index contributed by atoms with van der Waals surface area (Å²) in [5, 5.41) is 0.648. The molecular formula is C10H7BrClNO. The van der Waals surface area contributed by atoms with Crippen LogP contribution in [0, 0.1) is 0 Å². The molecule has 1 aliphatic carbocycles. The number of carbonyl (C=O) groups excluding carboxylic acids is 1. The quantitative estimate of drug-likeness (QED) is 0.599. The third kappa shape index (κ3) is 1.52. The number of nitrogens with zero attached hydrogens (tertiary/aromatic N) is 1. The summed E-state index contributed by atoms with van der Waals surface area (Å²) in [5.74, 6) is 0. The molecule has 0 N–H and O–H groups in total. The highest BCUT2D eigenvalue weighted by atomic mass is 79.9. The molecule has 1 aromatic rings. The zero-order valence-corrected chi connectivity index (χ0v) is 9.60. The van der Waals surface area contributed by atoms with Crippen LogP contribution in [0.4, 0.5) is 0 Å². The van der Waals surface area contributed by atoms with Crippen LogP contribution in [0.1, 0.15) is 18.4 Å². The Hall–Kier alpha value is -0.630. The maximum Gasteiger partial charge on any atom is 0.235 e. The fourth-order valence-electron chi connectivity index (χ4n) is 1.51. The fourth-order valence-corrected chi connectivity index (χ4v) is 2.32. The highest BCUT2D eigenvalue weighted by Crippen LogP contribution is 2.52. The largest absolute Gasteiger partial charge is 0.235 e. The summed E-state index contributed by atoms with van der Waals surface area (Å²) in [6, 6.07) is 5.60. The second-order valence-electron chi connectivity index (χ2n) is 3.34. The van der Waals surface area contributed by atoms with E-state index in [2.05, 4.69) is 20.9 Å². The molecule has 0 heterocycles. The first-order chi connectivity index (χ1) is 6.69. The van der Waals surface area contributed by atoms with Crippen molar-refractivity contribution in [3.8, 4) is 0 Å². The zero-order chi connectivity index (χ0) is 10.2. The molecule has 2 rings (SSSR count). The van der Waals surface area contributed by atoms with E-state index >= 15 is 0 Å². The van der Waals surface area contributed by atoms with E-state index in [1.807, 2.05) is 12.1 Å². The van der Waals surface area contributed by atoms with Gasteiger partial charge in [0, 0.05) is 4.47 Å². The molecule has 0 spiro atoms. The summed E-state index contributed by atoms with van der Waals surface area (Å²) < 4.78 is 0.832. The van der Waals surface area contributed by atoms with Crippen LogP contribution in [0.15, 0.2) is 27.7 Å². The number of benzene rings is 1. The fraction of sp³-hybridized carbons (Fsp3) is 0.300. The molecule has 1 aliphatic rings. The first kappa shape index (κ1) is 9.91. The lowest BCUT2D eigenvalue weighted by Gasteiger charge is -2.11. The molecule has 0 atom stereocenters. The van der Waals surface area contributed by atoms with Crippen LogP contribution >= 0.6 is 27.5 Å². The van der Waals surface area contributed by atoms with Crippen LogP contribution < -0.4 is 0 Å². The summed E-state index contributed by atoms with van der Waals surface area (Å²) in [7, 11) is 0. The highest BCUT2D eigenvalue weighted by molar-refractivity contribution is 9.10.